The van der Waals surface area contributed by atoms with Gasteiger partial charge in [0.05, 0.1) is 30.0 Å². The van der Waals surface area contributed by atoms with Crippen molar-refractivity contribution in [2.24, 2.45) is 0 Å². The third-order valence-corrected chi connectivity index (χ3v) is 4.17. The standard InChI is InChI=1S/C15H21ClN2O2/c16-14-7-11(8-17-12-2-3-12)1-4-15(14)18-5-6-20-13(9-18)10-19/h1,4,7,12-13,17,19H,2-3,5-6,8-10H2. The number of aliphatic hydroxyl groups is 1. The Balaban J connectivity index is 1.66. The lowest BCUT2D eigenvalue weighted by Crippen LogP contribution is -2.44. The number of rotatable bonds is 5. The molecule has 3 rings (SSSR count). The Morgan fingerprint density at radius 1 is 1.40 bits per heavy atom. The highest BCUT2D eigenvalue weighted by Crippen LogP contribution is 2.29. The third kappa shape index (κ3) is 3.44. The number of hydrogen-bond donors (Lipinski definition) is 2. The van der Waals surface area contributed by atoms with E-state index in [1.165, 1.54) is 18.4 Å². The van der Waals surface area contributed by atoms with E-state index in [0.29, 0.717) is 19.2 Å². The van der Waals surface area contributed by atoms with Crippen LogP contribution in [0.5, 0.6) is 0 Å². The second-order valence-corrected chi connectivity index (χ2v) is 5.97. The van der Waals surface area contributed by atoms with E-state index in [4.69, 9.17) is 16.3 Å². The number of benzene rings is 1. The number of anilines is 1. The van der Waals surface area contributed by atoms with Crippen LogP contribution in [0.3, 0.4) is 0 Å². The van der Waals surface area contributed by atoms with Crippen molar-refractivity contribution in [3.05, 3.63) is 28.8 Å². The summed E-state index contributed by atoms with van der Waals surface area (Å²) in [6, 6.07) is 6.94. The molecule has 2 fully saturated rings. The Morgan fingerprint density at radius 3 is 2.95 bits per heavy atom. The fourth-order valence-corrected chi connectivity index (χ4v) is 2.84. The van der Waals surface area contributed by atoms with Gasteiger partial charge in [-0.15, -0.1) is 0 Å². The van der Waals surface area contributed by atoms with Crippen molar-refractivity contribution in [1.82, 2.24) is 5.32 Å². The average Bonchev–Trinajstić information content (AvgIpc) is 3.29. The zero-order valence-corrected chi connectivity index (χ0v) is 12.3. The van der Waals surface area contributed by atoms with Crippen LogP contribution in [0.15, 0.2) is 18.2 Å². The zero-order chi connectivity index (χ0) is 13.9. The van der Waals surface area contributed by atoms with E-state index in [-0.39, 0.29) is 12.7 Å². The number of ether oxygens (including phenoxy) is 1. The fourth-order valence-electron chi connectivity index (χ4n) is 2.52. The molecule has 1 heterocycles. The van der Waals surface area contributed by atoms with Crippen LogP contribution in [-0.2, 0) is 11.3 Å². The predicted molar refractivity (Wildman–Crippen MR) is 80.4 cm³/mol. The third-order valence-electron chi connectivity index (χ3n) is 3.87. The van der Waals surface area contributed by atoms with Gasteiger partial charge in [-0.05, 0) is 30.5 Å². The van der Waals surface area contributed by atoms with Crippen LogP contribution >= 0.6 is 11.6 Å². The zero-order valence-electron chi connectivity index (χ0n) is 11.5. The van der Waals surface area contributed by atoms with Gasteiger partial charge in [0.2, 0.25) is 0 Å². The number of nitrogens with one attached hydrogen (secondary N) is 1. The predicted octanol–water partition coefficient (Wildman–Crippen LogP) is 1.79. The highest BCUT2D eigenvalue weighted by molar-refractivity contribution is 6.33. The van der Waals surface area contributed by atoms with Crippen LogP contribution < -0.4 is 10.2 Å². The Bertz CT molecular complexity index is 465. The lowest BCUT2D eigenvalue weighted by molar-refractivity contribution is 0.00357. The minimum Gasteiger partial charge on any atom is -0.394 e. The summed E-state index contributed by atoms with van der Waals surface area (Å²) in [4.78, 5) is 2.19. The minimum absolute atomic E-state index is 0.0531. The van der Waals surface area contributed by atoms with Crippen molar-refractivity contribution in [2.45, 2.75) is 31.5 Å². The van der Waals surface area contributed by atoms with Crippen LogP contribution in [0.1, 0.15) is 18.4 Å². The molecule has 0 bridgehead atoms. The second kappa shape index (κ2) is 6.31. The molecular weight excluding hydrogens is 276 g/mol. The molecule has 0 radical (unpaired) electrons. The van der Waals surface area contributed by atoms with Gasteiger partial charge in [-0.1, -0.05) is 17.7 Å². The maximum absolute atomic E-state index is 9.20. The van der Waals surface area contributed by atoms with Gasteiger partial charge in [0.15, 0.2) is 0 Å². The van der Waals surface area contributed by atoms with Crippen molar-refractivity contribution in [2.75, 3.05) is 31.2 Å². The van der Waals surface area contributed by atoms with Gasteiger partial charge in [-0.2, -0.15) is 0 Å². The van der Waals surface area contributed by atoms with Crippen LogP contribution in [0.25, 0.3) is 0 Å². The van der Waals surface area contributed by atoms with Gasteiger partial charge in [0.1, 0.15) is 0 Å². The molecule has 1 aliphatic heterocycles. The lowest BCUT2D eigenvalue weighted by Gasteiger charge is -2.34. The lowest BCUT2D eigenvalue weighted by atomic mass is 10.1. The van der Waals surface area contributed by atoms with E-state index in [9.17, 15) is 5.11 Å². The van der Waals surface area contributed by atoms with E-state index >= 15 is 0 Å². The van der Waals surface area contributed by atoms with Crippen LogP contribution in [-0.4, -0.2) is 43.6 Å². The Labute approximate surface area is 124 Å². The Kier molecular flexibility index (Phi) is 4.46. The summed E-state index contributed by atoms with van der Waals surface area (Å²) in [7, 11) is 0. The summed E-state index contributed by atoms with van der Waals surface area (Å²) >= 11 is 6.41. The Morgan fingerprint density at radius 2 is 2.25 bits per heavy atom. The molecule has 110 valence electrons. The molecule has 1 saturated carbocycles. The first-order valence-corrected chi connectivity index (χ1v) is 7.63. The summed E-state index contributed by atoms with van der Waals surface area (Å²) in [5, 5.41) is 13.5. The molecule has 1 aromatic carbocycles. The number of halogens is 1. The average molecular weight is 297 g/mol. The molecule has 1 unspecified atom stereocenters. The fraction of sp³-hybridized carbons (Fsp3) is 0.600. The van der Waals surface area contributed by atoms with Crippen molar-refractivity contribution < 1.29 is 9.84 Å². The molecule has 0 amide bonds. The monoisotopic (exact) mass is 296 g/mol. The topological polar surface area (TPSA) is 44.7 Å². The highest BCUT2D eigenvalue weighted by atomic mass is 35.5. The molecule has 1 aliphatic carbocycles. The maximum Gasteiger partial charge on any atom is 0.0980 e. The van der Waals surface area contributed by atoms with Crippen molar-refractivity contribution in [3.63, 3.8) is 0 Å². The van der Waals surface area contributed by atoms with Gasteiger partial charge in [-0.3, -0.25) is 0 Å². The van der Waals surface area contributed by atoms with Crippen LogP contribution in [0.2, 0.25) is 5.02 Å². The van der Waals surface area contributed by atoms with E-state index < -0.39 is 0 Å². The first kappa shape index (κ1) is 14.1. The van der Waals surface area contributed by atoms with Crippen LogP contribution in [0, 0.1) is 0 Å². The smallest absolute Gasteiger partial charge is 0.0980 e. The molecular formula is C15H21ClN2O2. The Hall–Kier alpha value is -0.810. The van der Waals surface area contributed by atoms with Gasteiger partial charge < -0.3 is 20.1 Å². The van der Waals surface area contributed by atoms with Gasteiger partial charge >= 0.3 is 0 Å². The van der Waals surface area contributed by atoms with Crippen molar-refractivity contribution in [1.29, 1.82) is 0 Å². The van der Waals surface area contributed by atoms with Crippen molar-refractivity contribution in [3.8, 4) is 0 Å². The van der Waals surface area contributed by atoms with Gasteiger partial charge in [-0.25, -0.2) is 0 Å². The summed E-state index contributed by atoms with van der Waals surface area (Å²) in [6.45, 7) is 3.07. The largest absolute Gasteiger partial charge is 0.394 e. The van der Waals surface area contributed by atoms with Gasteiger partial charge in [0.25, 0.3) is 0 Å². The molecule has 0 spiro atoms. The molecule has 1 atom stereocenters. The molecule has 20 heavy (non-hydrogen) atoms. The van der Waals surface area contributed by atoms with Crippen LogP contribution in [0.4, 0.5) is 5.69 Å². The molecule has 5 heteroatoms. The maximum atomic E-state index is 9.20. The summed E-state index contributed by atoms with van der Waals surface area (Å²) in [5.74, 6) is 0. The first-order valence-electron chi connectivity index (χ1n) is 7.25. The number of morpholine rings is 1. The normalized spacial score (nSPS) is 23.1. The number of hydrogen-bond acceptors (Lipinski definition) is 4. The first-order chi connectivity index (χ1) is 9.76. The van der Waals surface area contributed by atoms with E-state index in [1.807, 2.05) is 6.07 Å². The summed E-state index contributed by atoms with van der Waals surface area (Å²) in [6.07, 6.45) is 2.47. The molecule has 2 aliphatic rings. The summed E-state index contributed by atoms with van der Waals surface area (Å²) in [5.41, 5.74) is 2.25. The summed E-state index contributed by atoms with van der Waals surface area (Å²) < 4.78 is 5.47. The molecule has 0 aromatic heterocycles. The van der Waals surface area contributed by atoms with Crippen molar-refractivity contribution >= 4 is 17.3 Å². The van der Waals surface area contributed by atoms with E-state index in [0.717, 1.165) is 23.8 Å². The molecule has 2 N–H and O–H groups in total. The number of aliphatic hydroxyl groups excluding tert-OH is 1. The SMILES string of the molecule is OCC1CN(c2ccc(CNC3CC3)cc2Cl)CCO1. The van der Waals surface area contributed by atoms with E-state index in [2.05, 4.69) is 22.3 Å². The molecule has 1 saturated heterocycles. The molecule has 4 nitrogen and oxygen atoms in total. The number of nitrogens with zero attached hydrogens (tertiary/aromatic N) is 1. The van der Waals surface area contributed by atoms with E-state index in [1.54, 1.807) is 0 Å². The quantitative estimate of drug-likeness (QED) is 0.869. The second-order valence-electron chi connectivity index (χ2n) is 5.56. The highest BCUT2D eigenvalue weighted by Gasteiger charge is 2.22. The minimum atomic E-state index is -0.115. The van der Waals surface area contributed by atoms with Gasteiger partial charge in [0, 0.05) is 25.7 Å². The molecule has 1 aromatic rings.